The van der Waals surface area contributed by atoms with E-state index in [4.69, 9.17) is 4.98 Å². The van der Waals surface area contributed by atoms with Gasteiger partial charge in [-0.25, -0.2) is 4.98 Å². The molecule has 4 rings (SSSR count). The van der Waals surface area contributed by atoms with E-state index in [-0.39, 0.29) is 23.1 Å². The summed E-state index contributed by atoms with van der Waals surface area (Å²) in [6, 6.07) is 17.6. The molecule has 0 bridgehead atoms. The SMILES string of the molecule is CC(Sc1cc(C(=O)NC2CC2)c2ccccc2n1)C(=O)Nc1ccccc1C(C)C. The molecule has 3 aromatic rings. The number of amides is 2. The third-order valence-electron chi connectivity index (χ3n) is 5.36. The van der Waals surface area contributed by atoms with Gasteiger partial charge in [-0.2, -0.15) is 0 Å². The Hall–Kier alpha value is -2.86. The quantitative estimate of drug-likeness (QED) is 0.492. The van der Waals surface area contributed by atoms with Crippen molar-refractivity contribution in [2.75, 3.05) is 5.32 Å². The molecular weight excluding hydrogens is 406 g/mol. The van der Waals surface area contributed by atoms with Crippen LogP contribution in [-0.2, 0) is 4.79 Å². The van der Waals surface area contributed by atoms with Gasteiger partial charge in [0.1, 0.15) is 0 Å². The van der Waals surface area contributed by atoms with Crippen LogP contribution in [0.2, 0.25) is 0 Å². The first-order valence-electron chi connectivity index (χ1n) is 10.7. The van der Waals surface area contributed by atoms with Crippen molar-refractivity contribution < 1.29 is 9.59 Å². The molecule has 1 heterocycles. The van der Waals surface area contributed by atoms with Gasteiger partial charge in [-0.1, -0.05) is 62.0 Å². The van der Waals surface area contributed by atoms with Gasteiger partial charge in [0.25, 0.3) is 5.91 Å². The molecule has 1 aliphatic rings. The first-order valence-corrected chi connectivity index (χ1v) is 11.6. The van der Waals surface area contributed by atoms with Crippen LogP contribution in [0.5, 0.6) is 0 Å². The largest absolute Gasteiger partial charge is 0.349 e. The van der Waals surface area contributed by atoms with E-state index in [1.807, 2.05) is 55.5 Å². The molecule has 1 atom stereocenters. The number of benzene rings is 2. The third-order valence-corrected chi connectivity index (χ3v) is 6.38. The molecule has 1 fully saturated rings. The van der Waals surface area contributed by atoms with E-state index in [0.717, 1.165) is 35.0 Å². The second-order valence-corrected chi connectivity index (χ2v) is 9.63. The number of nitrogens with one attached hydrogen (secondary N) is 2. The minimum absolute atomic E-state index is 0.0779. The van der Waals surface area contributed by atoms with Crippen molar-refractivity contribution in [3.8, 4) is 0 Å². The van der Waals surface area contributed by atoms with E-state index in [1.54, 1.807) is 6.07 Å². The molecule has 1 aromatic heterocycles. The van der Waals surface area contributed by atoms with Crippen LogP contribution < -0.4 is 10.6 Å². The minimum atomic E-state index is -0.367. The van der Waals surface area contributed by atoms with Crippen LogP contribution in [0.25, 0.3) is 10.9 Å². The average Bonchev–Trinajstić information content (AvgIpc) is 3.57. The van der Waals surface area contributed by atoms with Gasteiger partial charge < -0.3 is 10.6 Å². The second-order valence-electron chi connectivity index (χ2n) is 8.26. The molecule has 1 saturated carbocycles. The number of fused-ring (bicyclic) bond motifs is 1. The molecule has 1 aliphatic carbocycles. The zero-order chi connectivity index (χ0) is 22.0. The van der Waals surface area contributed by atoms with Gasteiger partial charge >= 0.3 is 0 Å². The monoisotopic (exact) mass is 433 g/mol. The Bertz CT molecular complexity index is 1120. The highest BCUT2D eigenvalue weighted by Gasteiger charge is 2.25. The number of anilines is 1. The number of thioether (sulfide) groups is 1. The number of nitrogens with zero attached hydrogens (tertiary/aromatic N) is 1. The first kappa shape index (κ1) is 21.4. The van der Waals surface area contributed by atoms with Gasteiger partial charge in [-0.15, -0.1) is 0 Å². The predicted octanol–water partition coefficient (Wildman–Crippen LogP) is 5.37. The molecule has 2 amide bonds. The minimum Gasteiger partial charge on any atom is -0.349 e. The Morgan fingerprint density at radius 3 is 2.48 bits per heavy atom. The van der Waals surface area contributed by atoms with Crippen molar-refractivity contribution in [1.29, 1.82) is 0 Å². The number of para-hydroxylation sites is 2. The van der Waals surface area contributed by atoms with E-state index in [2.05, 4.69) is 24.5 Å². The fraction of sp³-hybridized carbons (Fsp3) is 0.320. The lowest BCUT2D eigenvalue weighted by Crippen LogP contribution is -2.26. The summed E-state index contributed by atoms with van der Waals surface area (Å²) in [5.41, 5.74) is 3.31. The maximum absolute atomic E-state index is 12.9. The summed E-state index contributed by atoms with van der Waals surface area (Å²) in [5.74, 6) is 0.150. The number of pyridine rings is 1. The topological polar surface area (TPSA) is 71.1 Å². The molecule has 2 aromatic carbocycles. The molecule has 0 aliphatic heterocycles. The average molecular weight is 434 g/mol. The van der Waals surface area contributed by atoms with Crippen molar-refractivity contribution in [3.63, 3.8) is 0 Å². The van der Waals surface area contributed by atoms with Crippen LogP contribution in [0.3, 0.4) is 0 Å². The van der Waals surface area contributed by atoms with E-state index in [9.17, 15) is 9.59 Å². The lowest BCUT2D eigenvalue weighted by Gasteiger charge is -2.17. The normalized spacial score (nSPS) is 14.5. The highest BCUT2D eigenvalue weighted by atomic mass is 32.2. The number of hydrogen-bond acceptors (Lipinski definition) is 4. The molecule has 6 heteroatoms. The molecule has 0 spiro atoms. The smallest absolute Gasteiger partial charge is 0.252 e. The zero-order valence-electron chi connectivity index (χ0n) is 18.0. The summed E-state index contributed by atoms with van der Waals surface area (Å²) in [6.45, 7) is 6.07. The molecule has 2 N–H and O–H groups in total. The van der Waals surface area contributed by atoms with Crippen LogP contribution in [0.1, 0.15) is 55.5 Å². The number of hydrogen-bond donors (Lipinski definition) is 2. The van der Waals surface area contributed by atoms with Crippen molar-refractivity contribution in [1.82, 2.24) is 10.3 Å². The highest BCUT2D eigenvalue weighted by Crippen LogP contribution is 2.30. The van der Waals surface area contributed by atoms with E-state index in [1.165, 1.54) is 11.8 Å². The lowest BCUT2D eigenvalue weighted by molar-refractivity contribution is -0.115. The van der Waals surface area contributed by atoms with Gasteiger partial charge in [0.2, 0.25) is 5.91 Å². The Labute approximate surface area is 187 Å². The molecule has 0 radical (unpaired) electrons. The van der Waals surface area contributed by atoms with Crippen molar-refractivity contribution in [2.24, 2.45) is 0 Å². The molecule has 0 saturated heterocycles. The van der Waals surface area contributed by atoms with Gasteiger partial charge in [0, 0.05) is 17.1 Å². The van der Waals surface area contributed by atoms with Crippen molar-refractivity contribution in [3.05, 3.63) is 65.7 Å². The van der Waals surface area contributed by atoms with Crippen LogP contribution in [0, 0.1) is 0 Å². The number of carbonyl (C=O) groups is 2. The lowest BCUT2D eigenvalue weighted by atomic mass is 10.0. The number of rotatable bonds is 7. The van der Waals surface area contributed by atoms with Crippen LogP contribution >= 0.6 is 11.8 Å². The van der Waals surface area contributed by atoms with Crippen molar-refractivity contribution >= 4 is 40.2 Å². The molecular formula is C25H27N3O2S. The maximum atomic E-state index is 12.9. The van der Waals surface area contributed by atoms with Gasteiger partial charge in [-0.3, -0.25) is 9.59 Å². The maximum Gasteiger partial charge on any atom is 0.252 e. The summed E-state index contributed by atoms with van der Waals surface area (Å²) in [6.07, 6.45) is 2.07. The Balaban J connectivity index is 1.55. The molecule has 160 valence electrons. The van der Waals surface area contributed by atoms with Crippen molar-refractivity contribution in [2.45, 2.75) is 55.8 Å². The highest BCUT2D eigenvalue weighted by molar-refractivity contribution is 8.00. The Morgan fingerprint density at radius 1 is 1.03 bits per heavy atom. The van der Waals surface area contributed by atoms with E-state index >= 15 is 0 Å². The van der Waals surface area contributed by atoms with Gasteiger partial charge in [0.15, 0.2) is 0 Å². The fourth-order valence-corrected chi connectivity index (χ4v) is 4.34. The summed E-state index contributed by atoms with van der Waals surface area (Å²) in [4.78, 5) is 30.4. The van der Waals surface area contributed by atoms with E-state index < -0.39 is 0 Å². The van der Waals surface area contributed by atoms with Crippen LogP contribution in [0.4, 0.5) is 5.69 Å². The summed E-state index contributed by atoms with van der Waals surface area (Å²) in [5, 5.41) is 7.24. The van der Waals surface area contributed by atoms with Gasteiger partial charge in [-0.05, 0) is 49.4 Å². The van der Waals surface area contributed by atoms with Gasteiger partial charge in [0.05, 0.1) is 21.4 Å². The molecule has 1 unspecified atom stereocenters. The second kappa shape index (κ2) is 9.10. The molecule has 5 nitrogen and oxygen atoms in total. The Morgan fingerprint density at radius 2 is 1.74 bits per heavy atom. The first-order chi connectivity index (χ1) is 14.9. The zero-order valence-corrected chi connectivity index (χ0v) is 18.8. The fourth-order valence-electron chi connectivity index (χ4n) is 3.47. The number of carbonyl (C=O) groups excluding carboxylic acids is 2. The van der Waals surface area contributed by atoms with Crippen LogP contribution in [-0.4, -0.2) is 28.1 Å². The summed E-state index contributed by atoms with van der Waals surface area (Å²) in [7, 11) is 0. The standard InChI is InChI=1S/C25H27N3O2S/c1-15(2)18-8-4-6-10-21(18)28-24(29)16(3)31-23-14-20(25(30)26-17-12-13-17)19-9-5-7-11-22(19)27-23/h4-11,14-17H,12-13H2,1-3H3,(H,26,30)(H,28,29). The number of aromatic nitrogens is 1. The Kier molecular flexibility index (Phi) is 6.28. The summed E-state index contributed by atoms with van der Waals surface area (Å²) >= 11 is 1.36. The van der Waals surface area contributed by atoms with Crippen LogP contribution in [0.15, 0.2) is 59.6 Å². The third kappa shape index (κ3) is 5.07. The summed E-state index contributed by atoms with van der Waals surface area (Å²) < 4.78 is 0. The molecule has 31 heavy (non-hydrogen) atoms. The van der Waals surface area contributed by atoms with E-state index in [0.29, 0.717) is 16.5 Å². The predicted molar refractivity (Wildman–Crippen MR) is 127 cm³/mol.